The third-order valence-corrected chi connectivity index (χ3v) is 14.6. The van der Waals surface area contributed by atoms with Gasteiger partial charge in [-0.05, 0) is 119 Å². The number of rotatable bonds is 5. The molecule has 0 unspecified atom stereocenters. The van der Waals surface area contributed by atoms with Crippen LogP contribution in [0.25, 0.3) is 44.5 Å². The van der Waals surface area contributed by atoms with Crippen LogP contribution >= 0.6 is 0 Å². The minimum atomic E-state index is -0.599. The van der Waals surface area contributed by atoms with Gasteiger partial charge in [0.1, 0.15) is 0 Å². The summed E-state index contributed by atoms with van der Waals surface area (Å²) in [7, 11) is 0. The quantitative estimate of drug-likeness (QED) is 0.168. The van der Waals surface area contributed by atoms with Crippen molar-refractivity contribution >= 4 is 17.1 Å². The first-order valence-electron chi connectivity index (χ1n) is 22.0. The molecule has 0 saturated carbocycles. The van der Waals surface area contributed by atoms with Crippen LogP contribution in [0.4, 0.5) is 17.1 Å². The van der Waals surface area contributed by atoms with Gasteiger partial charge in [-0.25, -0.2) is 0 Å². The zero-order chi connectivity index (χ0) is 41.8. The van der Waals surface area contributed by atoms with Crippen molar-refractivity contribution in [3.05, 3.63) is 257 Å². The van der Waals surface area contributed by atoms with E-state index in [1.54, 1.807) is 0 Å². The minimum absolute atomic E-state index is 0.133. The molecule has 9 aromatic rings. The van der Waals surface area contributed by atoms with Gasteiger partial charge < -0.3 is 4.90 Å². The number of benzene rings is 9. The SMILES string of the molecule is CC1(C)c2ccccc2-c2ccc(N(c3ccc(C4(c5ccccc5)c5ccccc5-c5ccccc5-c5ccccc54)cc3)c3cccc4c3C(C)(C)c3ccccc3-4)cc21. The second kappa shape index (κ2) is 13.4. The molecule has 296 valence electrons. The van der Waals surface area contributed by atoms with E-state index in [0.717, 1.165) is 11.4 Å². The summed E-state index contributed by atoms with van der Waals surface area (Å²) in [5, 5.41) is 0. The van der Waals surface area contributed by atoms with Gasteiger partial charge in [0, 0.05) is 22.2 Å². The lowest BCUT2D eigenvalue weighted by molar-refractivity contribution is 0.658. The Bertz CT molecular complexity index is 3170. The second-order valence-electron chi connectivity index (χ2n) is 18.4. The van der Waals surface area contributed by atoms with Gasteiger partial charge in [-0.3, -0.25) is 0 Å². The van der Waals surface area contributed by atoms with Crippen LogP contribution < -0.4 is 4.90 Å². The van der Waals surface area contributed by atoms with Crippen LogP contribution in [0.15, 0.2) is 212 Å². The zero-order valence-electron chi connectivity index (χ0n) is 35.7. The molecule has 62 heavy (non-hydrogen) atoms. The number of nitrogens with zero attached hydrogens (tertiary/aromatic N) is 1. The smallest absolute Gasteiger partial charge is 0.0713 e. The molecule has 0 heterocycles. The summed E-state index contributed by atoms with van der Waals surface area (Å²) < 4.78 is 0. The molecule has 0 atom stereocenters. The van der Waals surface area contributed by atoms with Gasteiger partial charge in [-0.1, -0.05) is 210 Å². The lowest BCUT2D eigenvalue weighted by Gasteiger charge is -2.38. The molecule has 0 radical (unpaired) electrons. The summed E-state index contributed by atoms with van der Waals surface area (Å²) in [5.74, 6) is 0. The first kappa shape index (κ1) is 36.6. The molecule has 12 rings (SSSR count). The fourth-order valence-electron chi connectivity index (χ4n) is 11.8. The van der Waals surface area contributed by atoms with Crippen molar-refractivity contribution < 1.29 is 0 Å². The average molecular weight is 794 g/mol. The predicted octanol–water partition coefficient (Wildman–Crippen LogP) is 15.8. The molecular weight excluding hydrogens is 747 g/mol. The molecule has 0 aliphatic heterocycles. The van der Waals surface area contributed by atoms with Crippen LogP contribution in [0, 0.1) is 0 Å². The van der Waals surface area contributed by atoms with Crippen molar-refractivity contribution in [2.45, 2.75) is 43.9 Å². The molecular formula is C61H47N. The van der Waals surface area contributed by atoms with E-state index in [1.807, 2.05) is 0 Å². The van der Waals surface area contributed by atoms with Crippen molar-refractivity contribution in [3.8, 4) is 44.5 Å². The summed E-state index contributed by atoms with van der Waals surface area (Å²) >= 11 is 0. The molecule has 3 aliphatic carbocycles. The van der Waals surface area contributed by atoms with E-state index in [1.165, 1.54) is 94.7 Å². The van der Waals surface area contributed by atoms with Crippen molar-refractivity contribution in [2.24, 2.45) is 0 Å². The summed E-state index contributed by atoms with van der Waals surface area (Å²) in [5.41, 5.74) is 23.5. The molecule has 1 nitrogen and oxygen atoms in total. The number of hydrogen-bond donors (Lipinski definition) is 0. The van der Waals surface area contributed by atoms with E-state index >= 15 is 0 Å². The highest BCUT2D eigenvalue weighted by molar-refractivity contribution is 5.94. The summed E-state index contributed by atoms with van der Waals surface area (Å²) in [6.07, 6.45) is 0. The molecule has 0 aromatic heterocycles. The number of fused-ring (bicyclic) bond motifs is 11. The van der Waals surface area contributed by atoms with Gasteiger partial charge in [0.2, 0.25) is 0 Å². The molecule has 0 fully saturated rings. The van der Waals surface area contributed by atoms with Crippen LogP contribution in [0.5, 0.6) is 0 Å². The summed E-state index contributed by atoms with van der Waals surface area (Å²) in [4.78, 5) is 2.54. The third-order valence-electron chi connectivity index (χ3n) is 14.6. The van der Waals surface area contributed by atoms with Crippen molar-refractivity contribution in [1.82, 2.24) is 0 Å². The van der Waals surface area contributed by atoms with E-state index < -0.39 is 5.41 Å². The number of anilines is 3. The summed E-state index contributed by atoms with van der Waals surface area (Å²) in [6.45, 7) is 9.55. The predicted molar refractivity (Wildman–Crippen MR) is 259 cm³/mol. The summed E-state index contributed by atoms with van der Waals surface area (Å²) in [6, 6.07) is 79.9. The maximum Gasteiger partial charge on any atom is 0.0713 e. The van der Waals surface area contributed by atoms with Gasteiger partial charge in [-0.2, -0.15) is 0 Å². The topological polar surface area (TPSA) is 3.24 Å². The highest BCUT2D eigenvalue weighted by atomic mass is 15.1. The van der Waals surface area contributed by atoms with Crippen molar-refractivity contribution in [1.29, 1.82) is 0 Å². The Morgan fingerprint density at radius 1 is 0.290 bits per heavy atom. The highest BCUT2D eigenvalue weighted by Gasteiger charge is 2.44. The Balaban J connectivity index is 1.11. The maximum absolute atomic E-state index is 2.54. The van der Waals surface area contributed by atoms with E-state index in [4.69, 9.17) is 0 Å². The van der Waals surface area contributed by atoms with E-state index in [0.29, 0.717) is 0 Å². The maximum atomic E-state index is 2.54. The zero-order valence-corrected chi connectivity index (χ0v) is 35.7. The van der Waals surface area contributed by atoms with E-state index in [9.17, 15) is 0 Å². The minimum Gasteiger partial charge on any atom is -0.310 e. The molecule has 1 heteroatoms. The number of hydrogen-bond acceptors (Lipinski definition) is 1. The van der Waals surface area contributed by atoms with Gasteiger partial charge in [0.15, 0.2) is 0 Å². The fraction of sp³-hybridized carbons (Fsp3) is 0.115. The monoisotopic (exact) mass is 793 g/mol. The van der Waals surface area contributed by atoms with Gasteiger partial charge in [-0.15, -0.1) is 0 Å². The Morgan fingerprint density at radius 3 is 1.31 bits per heavy atom. The van der Waals surface area contributed by atoms with Crippen LogP contribution in [-0.4, -0.2) is 0 Å². The van der Waals surface area contributed by atoms with Crippen LogP contribution in [-0.2, 0) is 16.2 Å². The lowest BCUT2D eigenvalue weighted by Crippen LogP contribution is -2.31. The Morgan fingerprint density at radius 2 is 0.710 bits per heavy atom. The molecule has 0 N–H and O–H groups in total. The van der Waals surface area contributed by atoms with Crippen molar-refractivity contribution in [2.75, 3.05) is 4.90 Å². The normalized spacial score (nSPS) is 15.2. The van der Waals surface area contributed by atoms with Crippen LogP contribution in [0.3, 0.4) is 0 Å². The second-order valence-corrected chi connectivity index (χ2v) is 18.4. The Labute approximate surface area is 365 Å². The van der Waals surface area contributed by atoms with E-state index in [-0.39, 0.29) is 10.8 Å². The molecule has 0 bridgehead atoms. The van der Waals surface area contributed by atoms with Crippen LogP contribution in [0.1, 0.15) is 72.2 Å². The standard InChI is InChI=1S/C61H47N/c1-59(2)52-28-14-10-25-48(52)50-38-37-43(39-56(50)59)62(57-32-18-27-51-49-26-11-15-29-53(49)60(3,4)58(51)57)42-35-33-41(34-36-42)61(40-19-6-5-7-20-40)54-30-16-12-23-46(54)44-21-8-9-22-45(44)47-24-13-17-31-55(47)61/h5-39H,1-4H3. The van der Waals surface area contributed by atoms with Gasteiger partial charge in [0.25, 0.3) is 0 Å². The molecule has 0 spiro atoms. The highest BCUT2D eigenvalue weighted by Crippen LogP contribution is 2.58. The molecule has 0 saturated heterocycles. The first-order valence-corrected chi connectivity index (χ1v) is 22.0. The van der Waals surface area contributed by atoms with Gasteiger partial charge >= 0.3 is 0 Å². The lowest BCUT2D eigenvalue weighted by atomic mass is 9.63. The molecule has 9 aromatic carbocycles. The largest absolute Gasteiger partial charge is 0.310 e. The average Bonchev–Trinajstić information content (AvgIpc) is 3.65. The van der Waals surface area contributed by atoms with E-state index in [2.05, 4.69) is 245 Å². The van der Waals surface area contributed by atoms with Crippen LogP contribution in [0.2, 0.25) is 0 Å². The Hall–Kier alpha value is -7.22. The van der Waals surface area contributed by atoms with Crippen molar-refractivity contribution in [3.63, 3.8) is 0 Å². The first-order chi connectivity index (χ1) is 30.3. The molecule has 3 aliphatic rings. The molecule has 0 amide bonds. The Kier molecular flexibility index (Phi) is 7.91. The third kappa shape index (κ3) is 4.97. The van der Waals surface area contributed by atoms with Gasteiger partial charge in [0.05, 0.1) is 11.1 Å². The fourth-order valence-corrected chi connectivity index (χ4v) is 11.8.